The number of hydrogen-bond donors (Lipinski definition) is 1. The molecule has 1 heterocycles. The summed E-state index contributed by atoms with van der Waals surface area (Å²) in [5.41, 5.74) is -0.286. The van der Waals surface area contributed by atoms with Gasteiger partial charge in [0.2, 0.25) is 0 Å². The zero-order valence-electron chi connectivity index (χ0n) is 9.13. The van der Waals surface area contributed by atoms with Crippen LogP contribution in [0.5, 0.6) is 11.5 Å². The molecule has 0 saturated carbocycles. The summed E-state index contributed by atoms with van der Waals surface area (Å²) in [4.78, 5) is 10.9. The SMILES string of the molecule is O=c1cc(OCCOc2ccccc2)cn[nH]1. The summed E-state index contributed by atoms with van der Waals surface area (Å²) < 4.78 is 10.7. The average Bonchev–Trinajstić information content (AvgIpc) is 2.36. The lowest BCUT2D eigenvalue weighted by Gasteiger charge is -2.07. The highest BCUT2D eigenvalue weighted by Gasteiger charge is 1.96. The minimum atomic E-state index is -0.286. The van der Waals surface area contributed by atoms with Gasteiger partial charge < -0.3 is 9.47 Å². The number of ether oxygens (including phenoxy) is 2. The van der Waals surface area contributed by atoms with E-state index in [1.165, 1.54) is 12.3 Å². The first-order chi connectivity index (χ1) is 8.34. The maximum Gasteiger partial charge on any atom is 0.267 e. The molecule has 17 heavy (non-hydrogen) atoms. The fourth-order valence-electron chi connectivity index (χ4n) is 1.27. The molecular weight excluding hydrogens is 220 g/mol. The minimum absolute atomic E-state index is 0.286. The number of aromatic nitrogens is 2. The van der Waals surface area contributed by atoms with E-state index in [1.54, 1.807) is 0 Å². The first-order valence-electron chi connectivity index (χ1n) is 5.20. The van der Waals surface area contributed by atoms with Crippen LogP contribution in [0.1, 0.15) is 0 Å². The van der Waals surface area contributed by atoms with Gasteiger partial charge in [0, 0.05) is 6.07 Å². The Balaban J connectivity index is 1.75. The van der Waals surface area contributed by atoms with Crippen molar-refractivity contribution in [2.75, 3.05) is 13.2 Å². The van der Waals surface area contributed by atoms with Crippen molar-refractivity contribution in [3.63, 3.8) is 0 Å². The monoisotopic (exact) mass is 232 g/mol. The molecule has 0 bridgehead atoms. The molecule has 0 radical (unpaired) electrons. The zero-order valence-corrected chi connectivity index (χ0v) is 9.13. The van der Waals surface area contributed by atoms with E-state index in [2.05, 4.69) is 10.2 Å². The molecule has 0 amide bonds. The fraction of sp³-hybridized carbons (Fsp3) is 0.167. The lowest BCUT2D eigenvalue weighted by atomic mass is 10.3. The van der Waals surface area contributed by atoms with Crippen LogP contribution in [0.15, 0.2) is 47.4 Å². The molecule has 88 valence electrons. The molecule has 0 aliphatic heterocycles. The number of hydrogen-bond acceptors (Lipinski definition) is 4. The fourth-order valence-corrected chi connectivity index (χ4v) is 1.27. The molecule has 0 saturated heterocycles. The van der Waals surface area contributed by atoms with Gasteiger partial charge in [0.1, 0.15) is 24.7 Å². The largest absolute Gasteiger partial charge is 0.490 e. The van der Waals surface area contributed by atoms with Crippen LogP contribution in [-0.4, -0.2) is 23.4 Å². The molecule has 1 aromatic heterocycles. The van der Waals surface area contributed by atoms with Crippen LogP contribution in [-0.2, 0) is 0 Å². The number of benzene rings is 1. The van der Waals surface area contributed by atoms with Gasteiger partial charge in [-0.2, -0.15) is 5.10 Å². The second kappa shape index (κ2) is 5.69. The zero-order chi connectivity index (χ0) is 11.9. The van der Waals surface area contributed by atoms with E-state index >= 15 is 0 Å². The number of nitrogens with one attached hydrogen (secondary N) is 1. The van der Waals surface area contributed by atoms with Crippen LogP contribution in [0, 0.1) is 0 Å². The summed E-state index contributed by atoms with van der Waals surface area (Å²) >= 11 is 0. The van der Waals surface area contributed by atoms with E-state index in [4.69, 9.17) is 9.47 Å². The summed E-state index contributed by atoms with van der Waals surface area (Å²) in [6, 6.07) is 10.8. The molecule has 0 aliphatic carbocycles. The van der Waals surface area contributed by atoms with Gasteiger partial charge in [-0.25, -0.2) is 5.10 Å². The second-order valence-electron chi connectivity index (χ2n) is 3.29. The number of aromatic amines is 1. The topological polar surface area (TPSA) is 64.2 Å². The third-order valence-corrected chi connectivity index (χ3v) is 2.00. The Morgan fingerprint density at radius 2 is 1.76 bits per heavy atom. The van der Waals surface area contributed by atoms with Gasteiger partial charge in [-0.15, -0.1) is 0 Å². The highest BCUT2D eigenvalue weighted by atomic mass is 16.5. The summed E-state index contributed by atoms with van der Waals surface area (Å²) in [6.07, 6.45) is 1.45. The molecule has 2 rings (SSSR count). The van der Waals surface area contributed by atoms with Crippen LogP contribution >= 0.6 is 0 Å². The van der Waals surface area contributed by atoms with Crippen molar-refractivity contribution in [2.24, 2.45) is 0 Å². The van der Waals surface area contributed by atoms with Crippen molar-refractivity contribution < 1.29 is 9.47 Å². The van der Waals surface area contributed by atoms with Crippen LogP contribution in [0.2, 0.25) is 0 Å². The highest BCUT2D eigenvalue weighted by Crippen LogP contribution is 2.08. The Hall–Kier alpha value is -2.30. The van der Waals surface area contributed by atoms with Crippen LogP contribution in [0.3, 0.4) is 0 Å². The standard InChI is InChI=1S/C12H12N2O3/c15-12-8-11(9-13-14-12)17-7-6-16-10-4-2-1-3-5-10/h1-5,8-9H,6-7H2,(H,14,15). The van der Waals surface area contributed by atoms with E-state index in [-0.39, 0.29) is 5.56 Å². The second-order valence-corrected chi connectivity index (χ2v) is 3.29. The molecule has 0 fully saturated rings. The normalized spacial score (nSPS) is 9.88. The number of rotatable bonds is 5. The van der Waals surface area contributed by atoms with Crippen LogP contribution < -0.4 is 15.0 Å². The van der Waals surface area contributed by atoms with E-state index in [0.29, 0.717) is 19.0 Å². The van der Waals surface area contributed by atoms with Gasteiger partial charge in [-0.05, 0) is 12.1 Å². The van der Waals surface area contributed by atoms with Crippen LogP contribution in [0.25, 0.3) is 0 Å². The highest BCUT2D eigenvalue weighted by molar-refractivity contribution is 5.20. The van der Waals surface area contributed by atoms with Crippen molar-refractivity contribution >= 4 is 0 Å². The van der Waals surface area contributed by atoms with Crippen molar-refractivity contribution in [1.29, 1.82) is 0 Å². The van der Waals surface area contributed by atoms with Gasteiger partial charge in [0.15, 0.2) is 0 Å². The van der Waals surface area contributed by atoms with Crippen LogP contribution in [0.4, 0.5) is 0 Å². The Kier molecular flexibility index (Phi) is 3.75. The molecule has 5 heteroatoms. The number of H-pyrrole nitrogens is 1. The third kappa shape index (κ3) is 3.64. The quantitative estimate of drug-likeness (QED) is 0.787. The molecule has 0 aliphatic rings. The summed E-state index contributed by atoms with van der Waals surface area (Å²) in [5, 5.41) is 5.89. The van der Waals surface area contributed by atoms with E-state index < -0.39 is 0 Å². The van der Waals surface area contributed by atoms with E-state index in [1.807, 2.05) is 30.3 Å². The molecule has 1 aromatic carbocycles. The Labute approximate surface area is 98.0 Å². The maximum absolute atomic E-state index is 10.9. The summed E-state index contributed by atoms with van der Waals surface area (Å²) in [6.45, 7) is 0.775. The van der Waals surface area contributed by atoms with E-state index in [0.717, 1.165) is 5.75 Å². The van der Waals surface area contributed by atoms with Gasteiger partial charge in [0.25, 0.3) is 5.56 Å². The lowest BCUT2D eigenvalue weighted by Crippen LogP contribution is -2.12. The Bertz CT molecular complexity index is 510. The van der Waals surface area contributed by atoms with Gasteiger partial charge >= 0.3 is 0 Å². The Morgan fingerprint density at radius 1 is 1.06 bits per heavy atom. The van der Waals surface area contributed by atoms with Crippen molar-refractivity contribution in [1.82, 2.24) is 10.2 Å². The maximum atomic E-state index is 10.9. The molecule has 0 spiro atoms. The summed E-state index contributed by atoms with van der Waals surface area (Å²) in [5.74, 6) is 1.23. The number of nitrogens with zero attached hydrogens (tertiary/aromatic N) is 1. The first-order valence-corrected chi connectivity index (χ1v) is 5.20. The van der Waals surface area contributed by atoms with E-state index in [9.17, 15) is 4.79 Å². The molecular formula is C12H12N2O3. The van der Waals surface area contributed by atoms with Gasteiger partial charge in [-0.3, -0.25) is 4.79 Å². The predicted molar refractivity (Wildman–Crippen MR) is 62.3 cm³/mol. The molecule has 0 unspecified atom stereocenters. The minimum Gasteiger partial charge on any atom is -0.490 e. The van der Waals surface area contributed by atoms with Crippen molar-refractivity contribution in [3.05, 3.63) is 52.9 Å². The Morgan fingerprint density at radius 3 is 2.47 bits per heavy atom. The van der Waals surface area contributed by atoms with Gasteiger partial charge in [-0.1, -0.05) is 18.2 Å². The smallest absolute Gasteiger partial charge is 0.267 e. The molecule has 0 atom stereocenters. The average molecular weight is 232 g/mol. The van der Waals surface area contributed by atoms with Crippen molar-refractivity contribution in [2.45, 2.75) is 0 Å². The molecule has 1 N–H and O–H groups in total. The third-order valence-electron chi connectivity index (χ3n) is 2.00. The van der Waals surface area contributed by atoms with Gasteiger partial charge in [0.05, 0.1) is 6.20 Å². The number of para-hydroxylation sites is 1. The predicted octanol–water partition coefficient (Wildman–Crippen LogP) is 1.23. The molecule has 5 nitrogen and oxygen atoms in total. The summed E-state index contributed by atoms with van der Waals surface area (Å²) in [7, 11) is 0. The van der Waals surface area contributed by atoms with Crippen molar-refractivity contribution in [3.8, 4) is 11.5 Å². The lowest BCUT2D eigenvalue weighted by molar-refractivity contribution is 0.216. The molecule has 2 aromatic rings. The first kappa shape index (κ1) is 11.2.